The number of carbonyl (C=O) groups excluding carboxylic acids is 1. The third-order valence-electron chi connectivity index (χ3n) is 8.32. The summed E-state index contributed by atoms with van der Waals surface area (Å²) < 4.78 is 7.57. The second-order valence-corrected chi connectivity index (χ2v) is 10.8. The molecule has 1 saturated heterocycles. The Morgan fingerprint density at radius 2 is 1.85 bits per heavy atom. The number of rotatable bonds is 10. The molecule has 1 amide bonds. The van der Waals surface area contributed by atoms with Crippen LogP contribution in [0.2, 0.25) is 0 Å². The first-order valence-electron chi connectivity index (χ1n) is 14.8. The number of anilines is 1. The molecule has 1 aromatic carbocycles. The molecule has 9 heteroatoms. The minimum atomic E-state index is 0.179. The van der Waals surface area contributed by atoms with E-state index in [1.54, 1.807) is 6.33 Å². The molecule has 1 aliphatic heterocycles. The fourth-order valence-corrected chi connectivity index (χ4v) is 6.29. The van der Waals surface area contributed by atoms with Crippen LogP contribution in [0.25, 0.3) is 11.0 Å². The SMILES string of the molecule is CCCN(CC)C1CCC(C(=O)N2CCN(c3ncnc4c3cnn4Cc3cccc(OCC)c3)CC2)CC1. The number of fused-ring (bicyclic) bond motifs is 1. The van der Waals surface area contributed by atoms with Crippen molar-refractivity contribution >= 4 is 22.8 Å². The number of hydrogen-bond donors (Lipinski definition) is 0. The van der Waals surface area contributed by atoms with Gasteiger partial charge in [0, 0.05) is 38.1 Å². The quantitative estimate of drug-likeness (QED) is 0.386. The molecule has 2 aliphatic rings. The predicted octanol–water partition coefficient (Wildman–Crippen LogP) is 4.21. The highest BCUT2D eigenvalue weighted by Gasteiger charge is 2.33. The Balaban J connectivity index is 1.19. The molecule has 3 aromatic rings. The minimum Gasteiger partial charge on any atom is -0.494 e. The van der Waals surface area contributed by atoms with Crippen LogP contribution >= 0.6 is 0 Å². The first-order valence-corrected chi connectivity index (χ1v) is 14.8. The first kappa shape index (κ1) is 27.4. The number of nitrogens with zero attached hydrogens (tertiary/aromatic N) is 7. The first-order chi connectivity index (χ1) is 19.1. The van der Waals surface area contributed by atoms with Crippen molar-refractivity contribution in [2.45, 2.75) is 65.5 Å². The van der Waals surface area contributed by atoms with Gasteiger partial charge in [-0.2, -0.15) is 5.10 Å². The summed E-state index contributed by atoms with van der Waals surface area (Å²) in [5.74, 6) is 2.29. The van der Waals surface area contributed by atoms with Crippen molar-refractivity contribution in [1.82, 2.24) is 29.5 Å². The average molecular weight is 534 g/mol. The zero-order valence-corrected chi connectivity index (χ0v) is 23.8. The summed E-state index contributed by atoms with van der Waals surface area (Å²) in [5.41, 5.74) is 1.93. The second-order valence-electron chi connectivity index (χ2n) is 10.8. The topological polar surface area (TPSA) is 79.6 Å². The number of hydrogen-bond acceptors (Lipinski definition) is 7. The van der Waals surface area contributed by atoms with Crippen LogP contribution in [-0.2, 0) is 11.3 Å². The van der Waals surface area contributed by atoms with E-state index >= 15 is 0 Å². The molecule has 0 spiro atoms. The van der Waals surface area contributed by atoms with Crippen LogP contribution in [0.5, 0.6) is 5.75 Å². The van der Waals surface area contributed by atoms with Crippen molar-refractivity contribution in [3.8, 4) is 5.75 Å². The molecule has 9 nitrogen and oxygen atoms in total. The van der Waals surface area contributed by atoms with Gasteiger partial charge >= 0.3 is 0 Å². The Hall–Kier alpha value is -3.20. The summed E-state index contributed by atoms with van der Waals surface area (Å²) in [6, 6.07) is 8.74. The van der Waals surface area contributed by atoms with Crippen molar-refractivity contribution < 1.29 is 9.53 Å². The molecule has 0 bridgehead atoms. The van der Waals surface area contributed by atoms with Crippen molar-refractivity contribution in [3.05, 3.63) is 42.4 Å². The van der Waals surface area contributed by atoms with Crippen LogP contribution in [0.1, 0.15) is 58.4 Å². The maximum absolute atomic E-state index is 13.4. The fourth-order valence-electron chi connectivity index (χ4n) is 6.29. The zero-order chi connectivity index (χ0) is 27.2. The van der Waals surface area contributed by atoms with E-state index in [0.717, 1.165) is 93.1 Å². The van der Waals surface area contributed by atoms with Crippen molar-refractivity contribution in [3.63, 3.8) is 0 Å². The number of piperazine rings is 1. The van der Waals surface area contributed by atoms with Gasteiger partial charge in [0.25, 0.3) is 0 Å². The van der Waals surface area contributed by atoms with E-state index in [1.165, 1.54) is 6.42 Å². The Bertz CT molecular complexity index is 1230. The van der Waals surface area contributed by atoms with E-state index < -0.39 is 0 Å². The summed E-state index contributed by atoms with van der Waals surface area (Å²) in [6.45, 7) is 13.0. The molecule has 210 valence electrons. The third-order valence-corrected chi connectivity index (χ3v) is 8.32. The van der Waals surface area contributed by atoms with Gasteiger partial charge in [-0.1, -0.05) is 26.0 Å². The van der Waals surface area contributed by atoms with Crippen molar-refractivity contribution in [2.75, 3.05) is 50.8 Å². The average Bonchev–Trinajstić information content (AvgIpc) is 3.39. The maximum atomic E-state index is 13.4. The van der Waals surface area contributed by atoms with Gasteiger partial charge in [-0.15, -0.1) is 0 Å². The highest BCUT2D eigenvalue weighted by Crippen LogP contribution is 2.30. The Morgan fingerprint density at radius 1 is 1.05 bits per heavy atom. The molecular formula is C30H43N7O2. The van der Waals surface area contributed by atoms with Gasteiger partial charge in [-0.3, -0.25) is 4.79 Å². The molecule has 3 heterocycles. The molecule has 39 heavy (non-hydrogen) atoms. The highest BCUT2D eigenvalue weighted by atomic mass is 16.5. The lowest BCUT2D eigenvalue weighted by molar-refractivity contribution is -0.137. The minimum absolute atomic E-state index is 0.179. The van der Waals surface area contributed by atoms with Crippen LogP contribution in [0, 0.1) is 5.92 Å². The van der Waals surface area contributed by atoms with Crippen LogP contribution < -0.4 is 9.64 Å². The lowest BCUT2D eigenvalue weighted by Gasteiger charge is -2.40. The third kappa shape index (κ3) is 6.19. The fraction of sp³-hybridized carbons (Fsp3) is 0.600. The Morgan fingerprint density at radius 3 is 2.56 bits per heavy atom. The van der Waals surface area contributed by atoms with Crippen LogP contribution in [0.15, 0.2) is 36.8 Å². The molecule has 5 rings (SSSR count). The molecule has 1 saturated carbocycles. The molecular weight excluding hydrogens is 490 g/mol. The van der Waals surface area contributed by atoms with Gasteiger partial charge in [0.15, 0.2) is 5.65 Å². The van der Waals surface area contributed by atoms with Gasteiger partial charge < -0.3 is 19.4 Å². The zero-order valence-electron chi connectivity index (χ0n) is 23.8. The summed E-state index contributed by atoms with van der Waals surface area (Å²) in [5, 5.41) is 5.59. The summed E-state index contributed by atoms with van der Waals surface area (Å²) in [6.07, 6.45) is 9.00. The smallest absolute Gasteiger partial charge is 0.225 e. The molecule has 1 aliphatic carbocycles. The molecule has 0 atom stereocenters. The van der Waals surface area contributed by atoms with E-state index in [1.807, 2.05) is 36.0 Å². The molecule has 2 aromatic heterocycles. The van der Waals surface area contributed by atoms with E-state index in [0.29, 0.717) is 25.1 Å². The lowest BCUT2D eigenvalue weighted by Crippen LogP contribution is -2.51. The number of benzene rings is 1. The van der Waals surface area contributed by atoms with Crippen LogP contribution in [0.3, 0.4) is 0 Å². The summed E-state index contributed by atoms with van der Waals surface area (Å²) >= 11 is 0. The standard InChI is InChI=1S/C30H43N7O2/c1-4-14-34(5-2)25-12-10-24(11-13-25)30(38)36-17-15-35(16-18-36)28-27-20-33-37(29(27)32-22-31-28)21-23-8-7-9-26(19-23)39-6-3/h7-9,19-20,22,24-25H,4-6,10-18,21H2,1-3H3. The van der Waals surface area contributed by atoms with Gasteiger partial charge in [0.2, 0.25) is 5.91 Å². The van der Waals surface area contributed by atoms with Crippen LogP contribution in [0.4, 0.5) is 5.82 Å². The predicted molar refractivity (Wildman–Crippen MR) is 154 cm³/mol. The van der Waals surface area contributed by atoms with Crippen molar-refractivity contribution in [2.24, 2.45) is 5.92 Å². The van der Waals surface area contributed by atoms with Crippen molar-refractivity contribution in [1.29, 1.82) is 0 Å². The molecule has 0 radical (unpaired) electrons. The van der Waals surface area contributed by atoms with E-state index in [4.69, 9.17) is 4.74 Å². The lowest BCUT2D eigenvalue weighted by atomic mass is 9.84. The number of carbonyl (C=O) groups is 1. The van der Waals surface area contributed by atoms with Gasteiger partial charge in [0.1, 0.15) is 17.9 Å². The number of amides is 1. The van der Waals surface area contributed by atoms with E-state index in [2.05, 4.69) is 49.7 Å². The molecule has 2 fully saturated rings. The monoisotopic (exact) mass is 533 g/mol. The largest absolute Gasteiger partial charge is 0.494 e. The van der Waals surface area contributed by atoms with Gasteiger partial charge in [-0.25, -0.2) is 14.6 Å². The summed E-state index contributed by atoms with van der Waals surface area (Å²) in [7, 11) is 0. The number of aromatic nitrogens is 4. The Kier molecular flexibility index (Phi) is 8.96. The van der Waals surface area contributed by atoms with Crippen LogP contribution in [-0.4, -0.2) is 87.4 Å². The Labute approximate surface area is 232 Å². The summed E-state index contributed by atoms with van der Waals surface area (Å²) in [4.78, 5) is 29.5. The maximum Gasteiger partial charge on any atom is 0.225 e. The van der Waals surface area contributed by atoms with Gasteiger partial charge in [-0.05, 0) is 69.8 Å². The highest BCUT2D eigenvalue weighted by molar-refractivity contribution is 5.87. The van der Waals surface area contributed by atoms with E-state index in [-0.39, 0.29) is 5.92 Å². The normalized spacial score (nSPS) is 20.1. The molecule has 0 N–H and O–H groups in total. The molecule has 0 unspecified atom stereocenters. The van der Waals surface area contributed by atoms with Gasteiger partial charge in [0.05, 0.1) is 24.7 Å². The van der Waals surface area contributed by atoms with E-state index in [9.17, 15) is 4.79 Å². The number of ether oxygens (including phenoxy) is 1. The second kappa shape index (κ2) is 12.8.